The van der Waals surface area contributed by atoms with Crippen molar-refractivity contribution in [3.63, 3.8) is 0 Å². The Bertz CT molecular complexity index is 3170. The van der Waals surface area contributed by atoms with Crippen molar-refractivity contribution in [3.8, 4) is 0 Å². The summed E-state index contributed by atoms with van der Waals surface area (Å²) in [4.78, 5) is -1.47. The van der Waals surface area contributed by atoms with Crippen molar-refractivity contribution in [1.82, 2.24) is 0 Å². The number of sulfone groups is 1. The van der Waals surface area contributed by atoms with E-state index in [0.717, 1.165) is 28.8 Å². The highest BCUT2D eigenvalue weighted by atomic mass is 32.2. The highest BCUT2D eigenvalue weighted by Crippen LogP contribution is 2.57. The lowest BCUT2D eigenvalue weighted by molar-refractivity contribution is -0.372. The van der Waals surface area contributed by atoms with Crippen LogP contribution in [0.5, 0.6) is 0 Å². The van der Waals surface area contributed by atoms with Crippen LogP contribution in [0, 0.1) is 0 Å². The molecule has 0 aliphatic carbocycles. The van der Waals surface area contributed by atoms with Gasteiger partial charge in [0, 0.05) is 45.1 Å². The van der Waals surface area contributed by atoms with Crippen LogP contribution < -0.4 is 10.4 Å². The van der Waals surface area contributed by atoms with E-state index in [1.165, 1.54) is 5.56 Å². The molecule has 5 aromatic carbocycles. The molecule has 7 aliphatic rings. The van der Waals surface area contributed by atoms with Crippen LogP contribution >= 0.6 is 0 Å². The summed E-state index contributed by atoms with van der Waals surface area (Å²) >= 11 is 0. The smallest absolute Gasteiger partial charge is 0.261 e. The fourth-order valence-electron chi connectivity index (χ4n) is 16.1. The predicted octanol–water partition coefficient (Wildman–Crippen LogP) is 12.2. The highest BCUT2D eigenvalue weighted by molar-refractivity contribution is 7.93. The molecule has 13 nitrogen and oxygen atoms in total. The molecule has 16 atom stereocenters. The summed E-state index contributed by atoms with van der Waals surface area (Å²) in [5.74, 6) is 0. The van der Waals surface area contributed by atoms with Gasteiger partial charge in [0.15, 0.2) is 8.32 Å². The quantitative estimate of drug-likeness (QED) is 0.0415. The van der Waals surface area contributed by atoms with Crippen molar-refractivity contribution in [2.75, 3.05) is 13.2 Å². The molecule has 0 aromatic heterocycles. The topological polar surface area (TPSA) is 139 Å². The Morgan fingerprint density at radius 3 is 1.83 bits per heavy atom. The molecule has 7 saturated heterocycles. The monoisotopic (exact) mass is 1240 g/mol. The Labute approximate surface area is 519 Å². The first-order chi connectivity index (χ1) is 41.4. The number of hydrogen-bond acceptors (Lipinski definition) is 13. The van der Waals surface area contributed by atoms with E-state index in [9.17, 15) is 0 Å². The third-order valence-electron chi connectivity index (χ3n) is 20.2. The van der Waals surface area contributed by atoms with Gasteiger partial charge in [0.25, 0.3) is 8.32 Å². The predicted molar refractivity (Wildman–Crippen MR) is 341 cm³/mol. The molecular weight excluding hydrogens is 1150 g/mol. The summed E-state index contributed by atoms with van der Waals surface area (Å²) in [6.45, 7) is 23.7. The van der Waals surface area contributed by atoms with E-state index >= 15 is 8.42 Å². The first-order valence-corrected chi connectivity index (χ1v) is 38.9. The van der Waals surface area contributed by atoms with Crippen molar-refractivity contribution in [1.29, 1.82) is 0 Å². The summed E-state index contributed by atoms with van der Waals surface area (Å²) in [6, 6.07) is 50.3. The van der Waals surface area contributed by atoms with Crippen molar-refractivity contribution in [2.45, 2.75) is 250 Å². The van der Waals surface area contributed by atoms with Crippen LogP contribution in [0.2, 0.25) is 24.7 Å². The second-order valence-corrected chi connectivity index (χ2v) is 39.8. The molecule has 0 saturated carbocycles. The largest absolute Gasteiger partial charge is 0.410 e. The molecule has 0 amide bonds. The van der Waals surface area contributed by atoms with Crippen LogP contribution in [0.25, 0.3) is 0 Å². The van der Waals surface area contributed by atoms with Crippen molar-refractivity contribution in [2.24, 2.45) is 0 Å². The lowest BCUT2D eigenvalue weighted by Gasteiger charge is -2.62. The molecule has 0 spiro atoms. The van der Waals surface area contributed by atoms with Crippen LogP contribution in [0.3, 0.4) is 0 Å². The standard InChI is InChI=1S/C71H94O13SSi2/c1-66(2,3)87(54-34-22-14-23-35-54,55-36-24-15-25-37-55)76-48-65-71(82-65,85(72,73)53-32-20-13-21-33-53)45-64-69(6,84-86(8,9)10)49-68(5)60(80-64)39-38-56-58(81-68)42-57-59(78-56)44-67(4)61(79-57)43-63-70(7,83-67)62(75-47-51-29-18-12-19-30-51)41-52(77-63)31-26-40-74-46-50-27-16-11-17-28-50/h11-25,27-30,32-37,52,56-65H,26,31,38-49H2,1-10H3/t52-,56+,57+,58-,59-,60-,61-,62-,63+,64+,65-,67+,68+,69-,70-,71+/m0/s1. The minimum atomic E-state index is -4.15. The average molecular weight is 1240 g/mol. The van der Waals surface area contributed by atoms with Crippen LogP contribution in [0.15, 0.2) is 157 Å². The molecule has 7 aliphatic heterocycles. The number of benzene rings is 5. The van der Waals surface area contributed by atoms with E-state index in [1.54, 1.807) is 24.3 Å². The minimum absolute atomic E-state index is 0.0284. The van der Waals surface area contributed by atoms with Crippen LogP contribution in [-0.4, -0.2) is 133 Å². The summed E-state index contributed by atoms with van der Waals surface area (Å²) in [7, 11) is -9.60. The second kappa shape index (κ2) is 24.6. The van der Waals surface area contributed by atoms with Gasteiger partial charge in [-0.25, -0.2) is 8.42 Å². The van der Waals surface area contributed by atoms with Gasteiger partial charge in [-0.05, 0) is 112 Å². The number of epoxide rings is 1. The van der Waals surface area contributed by atoms with Gasteiger partial charge >= 0.3 is 0 Å². The Balaban J connectivity index is 0.777. The van der Waals surface area contributed by atoms with Crippen molar-refractivity contribution < 1.29 is 59.9 Å². The van der Waals surface area contributed by atoms with Gasteiger partial charge in [0.05, 0.1) is 103 Å². The van der Waals surface area contributed by atoms with E-state index in [1.807, 2.05) is 42.5 Å². The summed E-state index contributed by atoms with van der Waals surface area (Å²) in [5, 5.41) is 1.88. The zero-order chi connectivity index (χ0) is 61.1. The lowest BCUT2D eigenvalue weighted by Crippen LogP contribution is -2.72. The fraction of sp³-hybridized carbons (Fsp3) is 0.577. The Morgan fingerprint density at radius 1 is 0.598 bits per heavy atom. The lowest BCUT2D eigenvalue weighted by atomic mass is 9.72. The molecular formula is C71H94O13SSi2. The maximum atomic E-state index is 15.5. The Kier molecular flexibility index (Phi) is 17.9. The zero-order valence-electron chi connectivity index (χ0n) is 52.9. The number of fused-ring (bicyclic) bond motifs is 5. The van der Waals surface area contributed by atoms with Gasteiger partial charge in [-0.2, -0.15) is 0 Å². The van der Waals surface area contributed by atoms with E-state index in [4.69, 9.17) is 51.5 Å². The molecule has 0 radical (unpaired) electrons. The summed E-state index contributed by atoms with van der Waals surface area (Å²) in [5.41, 5.74) is -0.892. The van der Waals surface area contributed by atoms with Crippen LogP contribution in [0.1, 0.15) is 124 Å². The number of rotatable bonds is 20. The number of ether oxygens (including phenoxy) is 9. The molecule has 7 fully saturated rings. The van der Waals surface area contributed by atoms with E-state index in [2.05, 4.69) is 153 Å². The molecule has 12 rings (SSSR count). The number of hydrogen-bond donors (Lipinski definition) is 0. The summed E-state index contributed by atoms with van der Waals surface area (Å²) in [6.07, 6.45) is 2.64. The van der Waals surface area contributed by atoms with E-state index < -0.39 is 72.1 Å². The highest BCUT2D eigenvalue weighted by Gasteiger charge is 2.71. The third-order valence-corrected chi connectivity index (χ3v) is 28.6. The van der Waals surface area contributed by atoms with Crippen LogP contribution in [-0.2, 0) is 74.5 Å². The zero-order valence-corrected chi connectivity index (χ0v) is 55.7. The first-order valence-electron chi connectivity index (χ1n) is 32.1. The molecule has 16 heteroatoms. The molecule has 470 valence electrons. The third kappa shape index (κ3) is 12.6. The first kappa shape index (κ1) is 63.2. The minimum Gasteiger partial charge on any atom is -0.410 e. The molecule has 0 bridgehead atoms. The van der Waals surface area contributed by atoms with Gasteiger partial charge in [0.2, 0.25) is 14.8 Å². The molecule has 0 unspecified atom stereocenters. The molecule has 5 aromatic rings. The van der Waals surface area contributed by atoms with Crippen molar-refractivity contribution >= 4 is 36.8 Å². The SMILES string of the molecule is CC(C)(C)[Si](OC[C@@H]1O[C@]1(C[C@H]1O[C@H]2CC[C@H]3O[C@H]4C[C@@]5(C)O[C@@]6(C)[C@@H](OCc7ccccc7)C[C@H](CCCOCc7ccccc7)O[C@@H]6C[C@@H]5O[C@@H]4C[C@@H]3O[C@]2(C)C[C@]1(C)O[Si](C)(C)C)S(=O)(=O)c1ccccc1)(c1ccccc1)c1ccccc1. The maximum absolute atomic E-state index is 15.5. The van der Waals surface area contributed by atoms with Gasteiger partial charge in [-0.1, -0.05) is 160 Å². The van der Waals surface area contributed by atoms with Gasteiger partial charge < -0.3 is 51.5 Å². The average Bonchev–Trinajstić information content (AvgIpc) is 1.65. The molecule has 7 heterocycles. The Morgan fingerprint density at radius 2 is 1.21 bits per heavy atom. The fourth-order valence-corrected chi connectivity index (χ4v) is 24.2. The second-order valence-electron chi connectivity index (χ2n) is 28.9. The summed E-state index contributed by atoms with van der Waals surface area (Å²) < 4.78 is 110. The van der Waals surface area contributed by atoms with Crippen LogP contribution in [0.4, 0.5) is 0 Å². The van der Waals surface area contributed by atoms with E-state index in [0.29, 0.717) is 64.8 Å². The van der Waals surface area contributed by atoms with Gasteiger partial charge in [-0.15, -0.1) is 0 Å². The van der Waals surface area contributed by atoms with Gasteiger partial charge in [0.1, 0.15) is 11.7 Å². The van der Waals surface area contributed by atoms with Gasteiger partial charge in [-0.3, -0.25) is 0 Å². The Hall–Kier alpha value is -3.96. The normalized spacial score (nSPS) is 36.0. The van der Waals surface area contributed by atoms with Crippen molar-refractivity contribution in [3.05, 3.63) is 163 Å². The molecule has 87 heavy (non-hydrogen) atoms. The molecule has 0 N–H and O–H groups in total. The van der Waals surface area contributed by atoms with E-state index in [-0.39, 0.29) is 71.8 Å². The maximum Gasteiger partial charge on any atom is 0.261 e.